The second kappa shape index (κ2) is 7.77. The zero-order valence-electron chi connectivity index (χ0n) is 15.6. The molecule has 0 amide bonds. The molecule has 148 valence electrons. The second-order valence-corrected chi connectivity index (χ2v) is 8.75. The van der Waals surface area contributed by atoms with Crippen molar-refractivity contribution in [1.82, 2.24) is 0 Å². The summed E-state index contributed by atoms with van der Waals surface area (Å²) in [4.78, 5) is 0.356. The van der Waals surface area contributed by atoms with Crippen LogP contribution < -0.4 is 0 Å². The van der Waals surface area contributed by atoms with Gasteiger partial charge in [-0.3, -0.25) is 0 Å². The summed E-state index contributed by atoms with van der Waals surface area (Å²) >= 11 is 0. The van der Waals surface area contributed by atoms with E-state index in [1.807, 2.05) is 37.3 Å². The first kappa shape index (κ1) is 19.3. The van der Waals surface area contributed by atoms with Gasteiger partial charge in [-0.2, -0.15) is 0 Å². The highest BCUT2D eigenvalue weighted by Gasteiger charge is 2.45. The summed E-state index contributed by atoms with van der Waals surface area (Å²) < 4.78 is 49.6. The molecule has 4 rings (SSSR count). The molecule has 0 bridgehead atoms. The highest BCUT2D eigenvalue weighted by atomic mass is 32.2. The molecule has 0 spiro atoms. The third kappa shape index (κ3) is 3.64. The van der Waals surface area contributed by atoms with E-state index >= 15 is 0 Å². The Balaban J connectivity index is 1.71. The monoisotopic (exact) mass is 402 g/mol. The number of rotatable bonds is 4. The lowest BCUT2D eigenvalue weighted by Gasteiger charge is -2.41. The number of sulfone groups is 1. The van der Waals surface area contributed by atoms with Gasteiger partial charge in [-0.15, -0.1) is 0 Å². The van der Waals surface area contributed by atoms with Crippen molar-refractivity contribution in [2.45, 2.75) is 36.6 Å². The number of ether oxygens (including phenoxy) is 4. The Morgan fingerprint density at radius 2 is 1.71 bits per heavy atom. The molecule has 2 aromatic carbocycles. The summed E-state index contributed by atoms with van der Waals surface area (Å²) in [5, 5.41) is 0. The van der Waals surface area contributed by atoms with Crippen molar-refractivity contribution in [3.8, 4) is 0 Å². The average Bonchev–Trinajstić information content (AvgIpc) is 2.73. The van der Waals surface area contributed by atoms with Crippen molar-refractivity contribution < 1.29 is 27.4 Å². The van der Waals surface area contributed by atoms with E-state index in [1.165, 1.54) is 13.2 Å². The van der Waals surface area contributed by atoms with Gasteiger partial charge in [-0.1, -0.05) is 48.0 Å². The van der Waals surface area contributed by atoms with Gasteiger partial charge >= 0.3 is 0 Å². The lowest BCUT2D eigenvalue weighted by molar-refractivity contribution is -0.282. The summed E-state index contributed by atoms with van der Waals surface area (Å²) in [6.45, 7) is 2.11. The minimum absolute atomic E-state index is 0.142. The first-order chi connectivity index (χ1) is 13.5. The average molecular weight is 402 g/mol. The van der Waals surface area contributed by atoms with Gasteiger partial charge in [0.1, 0.15) is 12.2 Å². The third-order valence-corrected chi connectivity index (χ3v) is 6.74. The van der Waals surface area contributed by atoms with Crippen LogP contribution in [0.25, 0.3) is 0 Å². The van der Waals surface area contributed by atoms with Crippen molar-refractivity contribution in [3.05, 3.63) is 76.7 Å². The summed E-state index contributed by atoms with van der Waals surface area (Å²) in [7, 11) is -2.31. The van der Waals surface area contributed by atoms with Gasteiger partial charge in [-0.25, -0.2) is 8.42 Å². The Bertz CT molecular complexity index is 952. The predicted molar refractivity (Wildman–Crippen MR) is 102 cm³/mol. The van der Waals surface area contributed by atoms with E-state index in [2.05, 4.69) is 0 Å². The smallest absolute Gasteiger partial charge is 0.205 e. The van der Waals surface area contributed by atoms with Crippen LogP contribution in [0.2, 0.25) is 0 Å². The molecule has 28 heavy (non-hydrogen) atoms. The van der Waals surface area contributed by atoms with E-state index in [4.69, 9.17) is 18.9 Å². The normalized spacial score (nSPS) is 27.7. The lowest BCUT2D eigenvalue weighted by atomic mass is 10.1. The van der Waals surface area contributed by atoms with Gasteiger partial charge in [0.2, 0.25) is 9.84 Å². The van der Waals surface area contributed by atoms with Gasteiger partial charge in [-0.05, 0) is 25.1 Å². The highest BCUT2D eigenvalue weighted by molar-refractivity contribution is 7.95. The van der Waals surface area contributed by atoms with Crippen molar-refractivity contribution in [2.75, 3.05) is 13.7 Å². The van der Waals surface area contributed by atoms with E-state index in [1.54, 1.807) is 24.3 Å². The summed E-state index contributed by atoms with van der Waals surface area (Å²) in [6.07, 6.45) is -1.33. The number of hydrogen-bond donors (Lipinski definition) is 0. The third-order valence-electron chi connectivity index (χ3n) is 4.86. The van der Waals surface area contributed by atoms with Crippen LogP contribution in [0.4, 0.5) is 0 Å². The zero-order valence-corrected chi connectivity index (χ0v) is 16.5. The second-order valence-electron chi connectivity index (χ2n) is 6.80. The predicted octanol–water partition coefficient (Wildman–Crippen LogP) is 3.14. The van der Waals surface area contributed by atoms with Gasteiger partial charge in [0.05, 0.1) is 16.4 Å². The molecule has 1 unspecified atom stereocenters. The Kier molecular flexibility index (Phi) is 5.35. The zero-order chi connectivity index (χ0) is 19.7. The van der Waals surface area contributed by atoms with Gasteiger partial charge in [0, 0.05) is 12.7 Å². The number of hydrogen-bond acceptors (Lipinski definition) is 6. The largest absolute Gasteiger partial charge is 0.352 e. The minimum atomic E-state index is -3.78. The number of methoxy groups -OCH3 is 1. The van der Waals surface area contributed by atoms with Crippen molar-refractivity contribution in [3.63, 3.8) is 0 Å². The Hall–Kier alpha value is -2.03. The molecule has 7 heteroatoms. The number of benzene rings is 2. The molecule has 2 aromatic rings. The quantitative estimate of drug-likeness (QED) is 0.783. The van der Waals surface area contributed by atoms with E-state index < -0.39 is 34.6 Å². The maximum Gasteiger partial charge on any atom is 0.205 e. The maximum absolute atomic E-state index is 13.4. The van der Waals surface area contributed by atoms with Gasteiger partial charge in [0.15, 0.2) is 12.6 Å². The van der Waals surface area contributed by atoms with E-state index in [9.17, 15) is 8.42 Å². The standard InChI is InChI=1S/C21H22O6S/c1-14-8-10-16(11-9-14)28(22,23)18-12-19(24-2)26-17-13-25-21(27-20(17)18)15-6-4-3-5-7-15/h3-12,17,19-21H,13H2,1-2H3/t17-,19+,20-,21?/m1/s1. The fourth-order valence-corrected chi connectivity index (χ4v) is 4.91. The summed E-state index contributed by atoms with van der Waals surface area (Å²) in [5.41, 5.74) is 1.81. The fourth-order valence-electron chi connectivity index (χ4n) is 3.34. The molecule has 1 fully saturated rings. The van der Waals surface area contributed by atoms with Crippen LogP contribution in [0.15, 0.2) is 70.5 Å². The topological polar surface area (TPSA) is 71.1 Å². The Morgan fingerprint density at radius 3 is 2.39 bits per heavy atom. The van der Waals surface area contributed by atoms with E-state index in [0.29, 0.717) is 0 Å². The number of fused-ring (bicyclic) bond motifs is 1. The molecular weight excluding hydrogens is 380 g/mol. The van der Waals surface area contributed by atoms with E-state index in [-0.39, 0.29) is 16.4 Å². The summed E-state index contributed by atoms with van der Waals surface area (Å²) in [6, 6.07) is 16.2. The van der Waals surface area contributed by atoms with Gasteiger partial charge < -0.3 is 18.9 Å². The van der Waals surface area contributed by atoms with Crippen LogP contribution in [-0.4, -0.2) is 40.6 Å². The molecule has 0 radical (unpaired) electrons. The molecule has 0 N–H and O–H groups in total. The molecule has 2 aliphatic rings. The van der Waals surface area contributed by atoms with Crippen LogP contribution >= 0.6 is 0 Å². The molecule has 6 nitrogen and oxygen atoms in total. The highest BCUT2D eigenvalue weighted by Crippen LogP contribution is 2.38. The first-order valence-electron chi connectivity index (χ1n) is 9.03. The Labute approximate surface area is 164 Å². The molecule has 0 aromatic heterocycles. The summed E-state index contributed by atoms with van der Waals surface area (Å²) in [5.74, 6) is 0. The fraction of sp³-hybridized carbons (Fsp3) is 0.333. The van der Waals surface area contributed by atoms with Crippen molar-refractivity contribution in [1.29, 1.82) is 0 Å². The van der Waals surface area contributed by atoms with Crippen LogP contribution in [0, 0.1) is 6.92 Å². The van der Waals surface area contributed by atoms with Crippen LogP contribution in [0.3, 0.4) is 0 Å². The first-order valence-corrected chi connectivity index (χ1v) is 10.5. The molecule has 1 saturated heterocycles. The molecule has 0 saturated carbocycles. The molecule has 4 atom stereocenters. The van der Waals surface area contributed by atoms with E-state index in [0.717, 1.165) is 11.1 Å². The molecule has 2 heterocycles. The maximum atomic E-state index is 13.4. The van der Waals surface area contributed by atoms with Crippen molar-refractivity contribution >= 4 is 9.84 Å². The lowest BCUT2D eigenvalue weighted by Crippen LogP contribution is -2.49. The van der Waals surface area contributed by atoms with Crippen LogP contribution in [-0.2, 0) is 28.8 Å². The number of aryl methyl sites for hydroxylation is 1. The van der Waals surface area contributed by atoms with Crippen LogP contribution in [0.1, 0.15) is 17.4 Å². The van der Waals surface area contributed by atoms with Gasteiger partial charge in [0.25, 0.3) is 0 Å². The minimum Gasteiger partial charge on any atom is -0.352 e. The molecule has 0 aliphatic carbocycles. The SMILES string of the molecule is CO[C@@H]1C=C(S(=O)(=O)c2ccc(C)cc2)[C@@H]2OC(c3ccccc3)OC[C@H]2O1. The Morgan fingerprint density at radius 1 is 1.00 bits per heavy atom. The molecule has 2 aliphatic heterocycles. The van der Waals surface area contributed by atoms with Crippen molar-refractivity contribution in [2.24, 2.45) is 0 Å². The van der Waals surface area contributed by atoms with Crippen LogP contribution in [0.5, 0.6) is 0 Å². The molecular formula is C21H22O6S.